The van der Waals surface area contributed by atoms with Gasteiger partial charge < -0.3 is 24.2 Å². The molecule has 0 radical (unpaired) electrons. The molecule has 180 valence electrons. The summed E-state index contributed by atoms with van der Waals surface area (Å²) in [5, 5.41) is 12.1. The average Bonchev–Trinajstić information content (AvgIpc) is 3.21. The van der Waals surface area contributed by atoms with Gasteiger partial charge in [0, 0.05) is 31.8 Å². The molecule has 2 atom stereocenters. The largest absolute Gasteiger partial charge is 0.477 e. The highest BCUT2D eigenvalue weighted by molar-refractivity contribution is 6.04. The van der Waals surface area contributed by atoms with Gasteiger partial charge in [0.25, 0.3) is 0 Å². The van der Waals surface area contributed by atoms with E-state index in [0.29, 0.717) is 31.3 Å². The van der Waals surface area contributed by atoms with Gasteiger partial charge in [-0.25, -0.2) is 19.6 Å². The molecule has 2 aromatic rings. The van der Waals surface area contributed by atoms with E-state index in [9.17, 15) is 14.7 Å². The zero-order valence-electron chi connectivity index (χ0n) is 18.9. The number of hydrogen-bond acceptors (Lipinski definition) is 9. The Kier molecular flexibility index (Phi) is 5.70. The Morgan fingerprint density at radius 3 is 2.91 bits per heavy atom. The molecule has 2 amide bonds. The maximum atomic E-state index is 13.2. The number of rotatable bonds is 5. The first-order valence-corrected chi connectivity index (χ1v) is 11.2. The molecule has 12 nitrogen and oxygen atoms in total. The number of aromatic nitrogens is 3. The van der Waals surface area contributed by atoms with Crippen molar-refractivity contribution in [1.29, 1.82) is 0 Å². The topological polar surface area (TPSA) is 139 Å². The molecule has 3 aliphatic rings. The van der Waals surface area contributed by atoms with E-state index in [1.54, 1.807) is 12.1 Å². The van der Waals surface area contributed by atoms with Crippen molar-refractivity contribution in [3.63, 3.8) is 0 Å². The van der Waals surface area contributed by atoms with Gasteiger partial charge in [-0.1, -0.05) is 0 Å². The van der Waals surface area contributed by atoms with Crippen molar-refractivity contribution in [2.45, 2.75) is 44.6 Å². The molecule has 0 aromatic carbocycles. The van der Waals surface area contributed by atoms with Crippen LogP contribution in [0, 0.1) is 0 Å². The van der Waals surface area contributed by atoms with Crippen LogP contribution in [0.15, 0.2) is 24.4 Å². The molecule has 0 unspecified atom stereocenters. The molecule has 3 aliphatic heterocycles. The van der Waals surface area contributed by atoms with E-state index < -0.39 is 17.8 Å². The number of pyridine rings is 1. The minimum Gasteiger partial charge on any atom is -0.477 e. The van der Waals surface area contributed by atoms with Gasteiger partial charge in [-0.3, -0.25) is 10.2 Å². The second-order valence-electron chi connectivity index (χ2n) is 8.84. The Hall–Kier alpha value is -3.51. The molecule has 12 heteroatoms. The van der Waals surface area contributed by atoms with Crippen LogP contribution in [-0.4, -0.2) is 76.3 Å². The minimum absolute atomic E-state index is 0.0760. The molecule has 2 bridgehead atoms. The highest BCUT2D eigenvalue weighted by Gasteiger charge is 2.40. The fraction of sp³-hybridized carbons (Fsp3) is 0.500. The van der Waals surface area contributed by atoms with Crippen LogP contribution in [0.4, 0.5) is 22.2 Å². The second kappa shape index (κ2) is 8.69. The lowest BCUT2D eigenvalue weighted by Gasteiger charge is -2.35. The predicted molar refractivity (Wildman–Crippen MR) is 120 cm³/mol. The Bertz CT molecular complexity index is 1110. The van der Waals surface area contributed by atoms with E-state index in [0.717, 1.165) is 18.7 Å². The summed E-state index contributed by atoms with van der Waals surface area (Å²) in [6, 6.07) is 4.14. The minimum atomic E-state index is -1.15. The van der Waals surface area contributed by atoms with Crippen LogP contribution in [-0.2, 0) is 9.47 Å². The number of carbonyl (C=O) groups excluding carboxylic acids is 1. The van der Waals surface area contributed by atoms with Crippen LogP contribution in [0.1, 0.15) is 37.2 Å². The number of nitrogens with zero attached hydrogens (tertiary/aromatic N) is 5. The molecular formula is C22H26N6O6. The number of carboxylic acid groups (broad SMARTS) is 1. The molecular weight excluding hydrogens is 444 g/mol. The standard InChI is InChI=1S/C22H26N6O6/c1-22(2)33-10-7-14(34-22)12-32-17-5-8-23-20(25-17)26-21(31)28-13-6-9-27(11-13)16-4-3-15(19(29)30)24-18(16)28/h3-5,8,13-14H,6-7,9-12H2,1-2H3,(H,29,30)(H,23,25,26,31)/t13-,14+/m0/s1. The number of hydrogen-bond donors (Lipinski definition) is 2. The van der Waals surface area contributed by atoms with Gasteiger partial charge in [0.1, 0.15) is 6.61 Å². The van der Waals surface area contributed by atoms with Crippen molar-refractivity contribution < 1.29 is 28.9 Å². The number of fused-ring (bicyclic) bond motifs is 4. The van der Waals surface area contributed by atoms with E-state index in [4.69, 9.17) is 14.2 Å². The van der Waals surface area contributed by atoms with E-state index >= 15 is 0 Å². The number of ether oxygens (including phenoxy) is 3. The fourth-order valence-electron chi connectivity index (χ4n) is 4.46. The molecule has 2 N–H and O–H groups in total. The van der Waals surface area contributed by atoms with E-state index in [1.807, 2.05) is 13.8 Å². The van der Waals surface area contributed by atoms with Crippen LogP contribution in [0.3, 0.4) is 0 Å². The van der Waals surface area contributed by atoms with Crippen molar-refractivity contribution in [2.75, 3.05) is 41.4 Å². The van der Waals surface area contributed by atoms with Crippen LogP contribution < -0.4 is 19.9 Å². The Morgan fingerprint density at radius 1 is 1.26 bits per heavy atom. The van der Waals surface area contributed by atoms with E-state index in [2.05, 4.69) is 25.2 Å². The Balaban J connectivity index is 1.30. The summed E-state index contributed by atoms with van der Waals surface area (Å²) >= 11 is 0. The van der Waals surface area contributed by atoms with Crippen LogP contribution >= 0.6 is 0 Å². The lowest BCUT2D eigenvalue weighted by molar-refractivity contribution is -0.276. The number of urea groups is 1. The second-order valence-corrected chi connectivity index (χ2v) is 8.84. The maximum absolute atomic E-state index is 13.2. The molecule has 5 heterocycles. The zero-order valence-corrected chi connectivity index (χ0v) is 18.9. The molecule has 0 aliphatic carbocycles. The van der Waals surface area contributed by atoms with Gasteiger partial charge in [0.05, 0.1) is 24.4 Å². The SMILES string of the molecule is CC1(C)OCC[C@H](COc2ccnc(NC(=O)N3c4nc(C(=O)O)ccc4N4CC[C@H]3C4)n2)O1. The van der Waals surface area contributed by atoms with Gasteiger partial charge >= 0.3 is 12.0 Å². The zero-order chi connectivity index (χ0) is 23.9. The van der Waals surface area contributed by atoms with Crippen LogP contribution in [0.25, 0.3) is 0 Å². The number of aromatic carboxylic acids is 1. The summed E-state index contributed by atoms with van der Waals surface area (Å²) in [7, 11) is 0. The third kappa shape index (κ3) is 4.46. The van der Waals surface area contributed by atoms with Crippen molar-refractivity contribution in [3.8, 4) is 5.88 Å². The summed E-state index contributed by atoms with van der Waals surface area (Å²) in [5.74, 6) is -1.12. The average molecular weight is 470 g/mol. The lowest BCUT2D eigenvalue weighted by atomic mass is 10.2. The van der Waals surface area contributed by atoms with Gasteiger partial charge in [-0.15, -0.1) is 0 Å². The number of nitrogens with one attached hydrogen (secondary N) is 1. The lowest BCUT2D eigenvalue weighted by Crippen LogP contribution is -2.48. The number of carbonyl (C=O) groups is 2. The first-order valence-electron chi connectivity index (χ1n) is 11.2. The first kappa shape index (κ1) is 22.3. The molecule has 34 heavy (non-hydrogen) atoms. The summed E-state index contributed by atoms with van der Waals surface area (Å²) < 4.78 is 17.1. The summed E-state index contributed by atoms with van der Waals surface area (Å²) in [5.41, 5.74) is 0.607. The van der Waals surface area contributed by atoms with Crippen molar-refractivity contribution >= 4 is 29.5 Å². The highest BCUT2D eigenvalue weighted by Crippen LogP contribution is 2.39. The molecule has 0 spiro atoms. The summed E-state index contributed by atoms with van der Waals surface area (Å²) in [6.07, 6.45) is 2.81. The highest BCUT2D eigenvalue weighted by atomic mass is 16.7. The van der Waals surface area contributed by atoms with Crippen molar-refractivity contribution in [3.05, 3.63) is 30.1 Å². The van der Waals surface area contributed by atoms with Crippen molar-refractivity contribution in [2.24, 2.45) is 0 Å². The van der Waals surface area contributed by atoms with E-state index in [-0.39, 0.29) is 30.4 Å². The molecule has 2 saturated heterocycles. The number of carboxylic acids is 1. The quantitative estimate of drug-likeness (QED) is 0.668. The monoisotopic (exact) mass is 470 g/mol. The summed E-state index contributed by atoms with van der Waals surface area (Å²) in [6.45, 7) is 6.00. The van der Waals surface area contributed by atoms with Gasteiger partial charge in [0.15, 0.2) is 17.3 Å². The van der Waals surface area contributed by atoms with Crippen LogP contribution in [0.2, 0.25) is 0 Å². The molecule has 2 fully saturated rings. The van der Waals surface area contributed by atoms with Gasteiger partial charge in [0.2, 0.25) is 11.8 Å². The third-order valence-corrected chi connectivity index (χ3v) is 6.00. The van der Waals surface area contributed by atoms with Gasteiger partial charge in [-0.2, -0.15) is 4.98 Å². The molecule has 5 rings (SSSR count). The number of amides is 2. The number of anilines is 3. The fourth-order valence-corrected chi connectivity index (χ4v) is 4.46. The maximum Gasteiger partial charge on any atom is 0.354 e. The Morgan fingerprint density at radius 2 is 2.12 bits per heavy atom. The third-order valence-electron chi connectivity index (χ3n) is 6.00. The van der Waals surface area contributed by atoms with E-state index in [1.165, 1.54) is 17.2 Å². The Labute approximate surface area is 195 Å². The normalized spacial score (nSPS) is 22.8. The van der Waals surface area contributed by atoms with Crippen LogP contribution in [0.5, 0.6) is 5.88 Å². The summed E-state index contributed by atoms with van der Waals surface area (Å²) in [4.78, 5) is 40.9. The first-order chi connectivity index (χ1) is 16.3. The predicted octanol–water partition coefficient (Wildman–Crippen LogP) is 2.12. The molecule has 2 aromatic heterocycles. The molecule has 0 saturated carbocycles. The van der Waals surface area contributed by atoms with Crippen molar-refractivity contribution in [1.82, 2.24) is 15.0 Å². The smallest absolute Gasteiger partial charge is 0.354 e. The van der Waals surface area contributed by atoms with Gasteiger partial charge in [-0.05, 0) is 32.4 Å².